The maximum atomic E-state index is 10.4. The van der Waals surface area contributed by atoms with Crippen molar-refractivity contribution in [1.29, 1.82) is 0 Å². The zero-order chi connectivity index (χ0) is 12.0. The van der Waals surface area contributed by atoms with Gasteiger partial charge in [-0.3, -0.25) is 0 Å². The van der Waals surface area contributed by atoms with E-state index in [1.165, 1.54) is 18.4 Å². The van der Waals surface area contributed by atoms with E-state index < -0.39 is 5.60 Å². The Labute approximate surface area is 99.5 Å². The van der Waals surface area contributed by atoms with Crippen molar-refractivity contribution in [3.63, 3.8) is 0 Å². The maximum Gasteiger partial charge on any atom is 0.0891 e. The number of aliphatic hydroxyl groups is 1. The molecule has 0 spiro atoms. The zero-order valence-electron chi connectivity index (χ0n) is 10.8. The van der Waals surface area contributed by atoms with Crippen molar-refractivity contribution >= 4 is 0 Å². The molecule has 1 aromatic carbocycles. The topological polar surface area (TPSA) is 20.2 Å². The van der Waals surface area contributed by atoms with Gasteiger partial charge in [0.1, 0.15) is 0 Å². The van der Waals surface area contributed by atoms with E-state index in [4.69, 9.17) is 0 Å². The molecule has 1 heteroatoms. The lowest BCUT2D eigenvalue weighted by Crippen LogP contribution is -2.23. The second kappa shape index (κ2) is 6.05. The average Bonchev–Trinajstić information content (AvgIpc) is 2.36. The highest BCUT2D eigenvalue weighted by Gasteiger charge is 2.24. The van der Waals surface area contributed by atoms with E-state index in [2.05, 4.69) is 31.2 Å². The maximum absolute atomic E-state index is 10.4. The Morgan fingerprint density at radius 1 is 1.00 bits per heavy atom. The molecule has 1 N–H and O–H groups in total. The molecule has 0 aromatic heterocycles. The fraction of sp³-hybridized carbons (Fsp3) is 0.600. The van der Waals surface area contributed by atoms with Crippen LogP contribution < -0.4 is 0 Å². The molecule has 0 bridgehead atoms. The van der Waals surface area contributed by atoms with Crippen LogP contribution in [0.25, 0.3) is 0 Å². The van der Waals surface area contributed by atoms with Crippen LogP contribution in [-0.2, 0) is 12.0 Å². The number of hydrogen-bond acceptors (Lipinski definition) is 1. The van der Waals surface area contributed by atoms with Crippen molar-refractivity contribution in [3.05, 3.63) is 35.4 Å². The Bertz CT molecular complexity index is 296. The molecule has 0 radical (unpaired) electrons. The number of rotatable bonds is 6. The molecule has 90 valence electrons. The standard InChI is InChI=1S/C15H24O/c1-4-7-8-13-9-11-14(12-10-13)15(16,5-2)6-3/h9-12,16H,4-8H2,1-3H3. The Balaban J connectivity index is 2.77. The zero-order valence-corrected chi connectivity index (χ0v) is 10.8. The molecule has 0 amide bonds. The second-order valence-corrected chi connectivity index (χ2v) is 4.54. The summed E-state index contributed by atoms with van der Waals surface area (Å²) in [7, 11) is 0. The predicted octanol–water partition coefficient (Wildman–Crippen LogP) is 4.04. The van der Waals surface area contributed by atoms with Crippen molar-refractivity contribution in [2.75, 3.05) is 0 Å². The molecule has 0 saturated carbocycles. The van der Waals surface area contributed by atoms with Crippen LogP contribution in [0.4, 0.5) is 0 Å². The van der Waals surface area contributed by atoms with Crippen LogP contribution >= 0.6 is 0 Å². The summed E-state index contributed by atoms with van der Waals surface area (Å²) in [5, 5.41) is 10.4. The number of aryl methyl sites for hydroxylation is 1. The van der Waals surface area contributed by atoms with Gasteiger partial charge in [-0.05, 0) is 36.8 Å². The van der Waals surface area contributed by atoms with Crippen LogP contribution in [0.1, 0.15) is 57.6 Å². The van der Waals surface area contributed by atoms with E-state index in [0.29, 0.717) is 0 Å². The molecule has 1 aromatic rings. The van der Waals surface area contributed by atoms with Crippen LogP contribution in [0.2, 0.25) is 0 Å². The SMILES string of the molecule is CCCCc1ccc(C(O)(CC)CC)cc1. The summed E-state index contributed by atoms with van der Waals surface area (Å²) < 4.78 is 0. The number of benzene rings is 1. The monoisotopic (exact) mass is 220 g/mol. The molecule has 0 fully saturated rings. The summed E-state index contributed by atoms with van der Waals surface area (Å²) in [5.41, 5.74) is 1.79. The normalized spacial score (nSPS) is 11.8. The molecule has 1 nitrogen and oxygen atoms in total. The van der Waals surface area contributed by atoms with E-state index in [9.17, 15) is 5.11 Å². The lowest BCUT2D eigenvalue weighted by atomic mass is 9.88. The van der Waals surface area contributed by atoms with E-state index in [1.807, 2.05) is 13.8 Å². The van der Waals surface area contributed by atoms with Crippen LogP contribution in [0.5, 0.6) is 0 Å². The van der Waals surface area contributed by atoms with Crippen LogP contribution in [-0.4, -0.2) is 5.11 Å². The Kier molecular flexibility index (Phi) is 5.01. The first kappa shape index (κ1) is 13.2. The first-order valence-electron chi connectivity index (χ1n) is 6.48. The van der Waals surface area contributed by atoms with Gasteiger partial charge in [-0.1, -0.05) is 51.5 Å². The van der Waals surface area contributed by atoms with E-state index in [0.717, 1.165) is 24.8 Å². The summed E-state index contributed by atoms with van der Waals surface area (Å²) in [6, 6.07) is 8.47. The summed E-state index contributed by atoms with van der Waals surface area (Å²) >= 11 is 0. The van der Waals surface area contributed by atoms with Crippen molar-refractivity contribution in [2.24, 2.45) is 0 Å². The minimum atomic E-state index is -0.636. The minimum absolute atomic E-state index is 0.636. The Morgan fingerprint density at radius 2 is 1.56 bits per heavy atom. The lowest BCUT2D eigenvalue weighted by molar-refractivity contribution is 0.0284. The number of unbranched alkanes of at least 4 members (excludes halogenated alkanes) is 1. The molecule has 0 aliphatic rings. The highest BCUT2D eigenvalue weighted by Crippen LogP contribution is 2.28. The largest absolute Gasteiger partial charge is 0.385 e. The average molecular weight is 220 g/mol. The van der Waals surface area contributed by atoms with E-state index in [-0.39, 0.29) is 0 Å². The fourth-order valence-electron chi connectivity index (χ4n) is 2.02. The summed E-state index contributed by atoms with van der Waals surface area (Å²) in [6.07, 6.45) is 5.17. The molecule has 0 heterocycles. The van der Waals surface area contributed by atoms with Crippen molar-refractivity contribution in [3.8, 4) is 0 Å². The van der Waals surface area contributed by atoms with Gasteiger partial charge in [0.15, 0.2) is 0 Å². The van der Waals surface area contributed by atoms with E-state index in [1.54, 1.807) is 0 Å². The van der Waals surface area contributed by atoms with Gasteiger partial charge in [0, 0.05) is 0 Å². The minimum Gasteiger partial charge on any atom is -0.385 e. The van der Waals surface area contributed by atoms with Crippen molar-refractivity contribution in [2.45, 2.75) is 58.5 Å². The Morgan fingerprint density at radius 3 is 2.00 bits per heavy atom. The third kappa shape index (κ3) is 3.08. The summed E-state index contributed by atoms with van der Waals surface area (Å²) in [6.45, 7) is 6.28. The van der Waals surface area contributed by atoms with Gasteiger partial charge in [-0.2, -0.15) is 0 Å². The highest BCUT2D eigenvalue weighted by molar-refractivity contribution is 5.27. The number of hydrogen-bond donors (Lipinski definition) is 1. The fourth-order valence-corrected chi connectivity index (χ4v) is 2.02. The molecule has 1 rings (SSSR count). The molecule has 0 aliphatic carbocycles. The van der Waals surface area contributed by atoms with Crippen molar-refractivity contribution < 1.29 is 5.11 Å². The molecule has 16 heavy (non-hydrogen) atoms. The lowest BCUT2D eigenvalue weighted by Gasteiger charge is -2.25. The quantitative estimate of drug-likeness (QED) is 0.767. The van der Waals surface area contributed by atoms with Gasteiger partial charge >= 0.3 is 0 Å². The molecule has 0 unspecified atom stereocenters. The van der Waals surface area contributed by atoms with Gasteiger partial charge in [0.25, 0.3) is 0 Å². The molecule has 0 aliphatic heterocycles. The van der Waals surface area contributed by atoms with Gasteiger partial charge in [0.05, 0.1) is 5.60 Å². The van der Waals surface area contributed by atoms with Crippen LogP contribution in [0.3, 0.4) is 0 Å². The highest BCUT2D eigenvalue weighted by atomic mass is 16.3. The molecular weight excluding hydrogens is 196 g/mol. The predicted molar refractivity (Wildman–Crippen MR) is 69.5 cm³/mol. The third-order valence-corrected chi connectivity index (χ3v) is 3.48. The van der Waals surface area contributed by atoms with Crippen molar-refractivity contribution in [1.82, 2.24) is 0 Å². The van der Waals surface area contributed by atoms with Crippen LogP contribution in [0, 0.1) is 0 Å². The molecule has 0 atom stereocenters. The molecular formula is C15H24O. The van der Waals surface area contributed by atoms with Gasteiger partial charge < -0.3 is 5.11 Å². The smallest absolute Gasteiger partial charge is 0.0891 e. The first-order chi connectivity index (χ1) is 7.66. The third-order valence-electron chi connectivity index (χ3n) is 3.48. The van der Waals surface area contributed by atoms with Crippen LogP contribution in [0.15, 0.2) is 24.3 Å². The summed E-state index contributed by atoms with van der Waals surface area (Å²) in [4.78, 5) is 0. The first-order valence-corrected chi connectivity index (χ1v) is 6.48. The van der Waals surface area contributed by atoms with Gasteiger partial charge in [0.2, 0.25) is 0 Å². The second-order valence-electron chi connectivity index (χ2n) is 4.54. The Hall–Kier alpha value is -0.820. The summed E-state index contributed by atoms with van der Waals surface area (Å²) in [5.74, 6) is 0. The van der Waals surface area contributed by atoms with Gasteiger partial charge in [-0.25, -0.2) is 0 Å². The van der Waals surface area contributed by atoms with E-state index >= 15 is 0 Å². The molecule has 0 saturated heterocycles. The van der Waals surface area contributed by atoms with Gasteiger partial charge in [-0.15, -0.1) is 0 Å².